The van der Waals surface area contributed by atoms with Crippen molar-refractivity contribution in [3.8, 4) is 5.75 Å². The first-order chi connectivity index (χ1) is 11.8. The van der Waals surface area contributed by atoms with E-state index in [-0.39, 0.29) is 34.6 Å². The average Bonchev–Trinajstić information content (AvgIpc) is 2.43. The third-order valence-electron chi connectivity index (χ3n) is 4.16. The predicted octanol–water partition coefficient (Wildman–Crippen LogP) is 4.20. The number of rotatable bonds is 7. The van der Waals surface area contributed by atoms with Crippen molar-refractivity contribution in [2.75, 3.05) is 0 Å². The summed E-state index contributed by atoms with van der Waals surface area (Å²) in [6, 6.07) is 2.92. The van der Waals surface area contributed by atoms with E-state index in [1.54, 1.807) is 12.1 Å². The molecule has 0 radical (unpaired) electrons. The van der Waals surface area contributed by atoms with Crippen molar-refractivity contribution >= 4 is 16.1 Å². The lowest BCUT2D eigenvalue weighted by Crippen LogP contribution is -2.42. The van der Waals surface area contributed by atoms with Crippen molar-refractivity contribution in [3.05, 3.63) is 23.3 Å². The van der Waals surface area contributed by atoms with Gasteiger partial charge in [-0.25, -0.2) is 13.2 Å². The Kier molecular flexibility index (Phi) is 7.24. The number of carbonyl (C=O) groups is 1. The summed E-state index contributed by atoms with van der Waals surface area (Å²) in [7, 11) is -3.77. The SMILES string of the molecule is CC(C)c1ccc(S(=O)(=O)N(C(C)C)C(C)C)c(C(C)C)c1OC(N)=O. The molecule has 1 amide bonds. The molecule has 0 aliphatic carbocycles. The first-order valence-electron chi connectivity index (χ1n) is 8.99. The number of ether oxygens (including phenoxy) is 1. The maximum Gasteiger partial charge on any atom is 0.409 e. The van der Waals surface area contributed by atoms with E-state index in [0.29, 0.717) is 5.56 Å². The minimum atomic E-state index is -3.77. The molecule has 6 nitrogen and oxygen atoms in total. The van der Waals surface area contributed by atoms with Crippen LogP contribution in [0.4, 0.5) is 4.79 Å². The first-order valence-corrected chi connectivity index (χ1v) is 10.4. The Labute approximate surface area is 157 Å². The zero-order chi connectivity index (χ0) is 20.4. The van der Waals surface area contributed by atoms with Crippen LogP contribution in [0.3, 0.4) is 0 Å². The van der Waals surface area contributed by atoms with Gasteiger partial charge >= 0.3 is 6.09 Å². The smallest absolute Gasteiger partial charge is 0.409 e. The first kappa shape index (κ1) is 22.4. The van der Waals surface area contributed by atoms with E-state index in [1.807, 2.05) is 55.4 Å². The van der Waals surface area contributed by atoms with Gasteiger partial charge in [-0.3, -0.25) is 0 Å². The highest BCUT2D eigenvalue weighted by Crippen LogP contribution is 2.40. The summed E-state index contributed by atoms with van der Waals surface area (Å²) in [5.74, 6) is 0.134. The fourth-order valence-corrected chi connectivity index (χ4v) is 5.49. The third-order valence-corrected chi connectivity index (χ3v) is 6.47. The molecule has 0 aliphatic rings. The quantitative estimate of drug-likeness (QED) is 0.763. The molecule has 0 aromatic heterocycles. The van der Waals surface area contributed by atoms with Crippen molar-refractivity contribution in [1.82, 2.24) is 4.31 Å². The lowest BCUT2D eigenvalue weighted by molar-refractivity contribution is 0.209. The van der Waals surface area contributed by atoms with Gasteiger partial charge in [-0.15, -0.1) is 0 Å². The molecule has 0 aliphatic heterocycles. The number of nitrogens with zero attached hydrogens (tertiary/aromatic N) is 1. The standard InChI is InChI=1S/C19H32N2O4S/c1-11(2)15-9-10-16(17(12(3)4)18(15)25-19(20)22)26(23,24)21(13(5)6)14(7)8/h9-14H,1-8H3,(H2,20,22). The van der Waals surface area contributed by atoms with E-state index in [4.69, 9.17) is 10.5 Å². The van der Waals surface area contributed by atoms with E-state index in [0.717, 1.165) is 5.56 Å². The van der Waals surface area contributed by atoms with Gasteiger partial charge in [0.25, 0.3) is 0 Å². The molecule has 0 atom stereocenters. The van der Waals surface area contributed by atoms with Gasteiger partial charge in [-0.05, 0) is 51.2 Å². The number of hydrogen-bond donors (Lipinski definition) is 1. The van der Waals surface area contributed by atoms with Crippen LogP contribution in [0.1, 0.15) is 78.4 Å². The molecular formula is C19H32N2O4S. The van der Waals surface area contributed by atoms with Crippen LogP contribution >= 0.6 is 0 Å². The fraction of sp³-hybridized carbons (Fsp3) is 0.632. The predicted molar refractivity (Wildman–Crippen MR) is 104 cm³/mol. The molecule has 1 aromatic carbocycles. The van der Waals surface area contributed by atoms with Gasteiger partial charge < -0.3 is 10.5 Å². The highest BCUT2D eigenvalue weighted by atomic mass is 32.2. The van der Waals surface area contributed by atoms with Gasteiger partial charge in [-0.2, -0.15) is 4.31 Å². The van der Waals surface area contributed by atoms with Crippen molar-refractivity contribution in [2.45, 2.75) is 84.2 Å². The van der Waals surface area contributed by atoms with E-state index >= 15 is 0 Å². The Morgan fingerprint density at radius 1 is 0.962 bits per heavy atom. The van der Waals surface area contributed by atoms with Crippen LogP contribution < -0.4 is 10.5 Å². The molecular weight excluding hydrogens is 352 g/mol. The Balaban J connectivity index is 3.85. The third kappa shape index (κ3) is 4.57. The monoisotopic (exact) mass is 384 g/mol. The summed E-state index contributed by atoms with van der Waals surface area (Å²) in [6.07, 6.45) is -0.951. The van der Waals surface area contributed by atoms with Crippen LogP contribution in [0.25, 0.3) is 0 Å². The molecule has 0 unspecified atom stereocenters. The zero-order valence-corrected chi connectivity index (χ0v) is 17.8. The average molecular weight is 385 g/mol. The maximum atomic E-state index is 13.4. The van der Waals surface area contributed by atoms with Gasteiger partial charge in [0.2, 0.25) is 10.0 Å². The van der Waals surface area contributed by atoms with E-state index in [2.05, 4.69) is 0 Å². The van der Waals surface area contributed by atoms with Gasteiger partial charge in [0.15, 0.2) is 0 Å². The normalized spacial score (nSPS) is 12.7. The molecule has 1 aromatic rings. The molecule has 7 heteroatoms. The highest BCUT2D eigenvalue weighted by molar-refractivity contribution is 7.89. The molecule has 0 bridgehead atoms. The Morgan fingerprint density at radius 3 is 1.81 bits per heavy atom. The highest BCUT2D eigenvalue weighted by Gasteiger charge is 2.34. The van der Waals surface area contributed by atoms with Crippen LogP contribution in [0.2, 0.25) is 0 Å². The zero-order valence-electron chi connectivity index (χ0n) is 17.0. The largest absolute Gasteiger partial charge is 0.410 e. The molecule has 0 fully saturated rings. The molecule has 0 heterocycles. The number of hydrogen-bond acceptors (Lipinski definition) is 4. The Morgan fingerprint density at radius 2 is 1.46 bits per heavy atom. The molecule has 0 saturated heterocycles. The van der Waals surface area contributed by atoms with E-state index in [9.17, 15) is 13.2 Å². The summed E-state index contributed by atoms with van der Waals surface area (Å²) in [6.45, 7) is 15.0. The van der Waals surface area contributed by atoms with Crippen molar-refractivity contribution in [1.29, 1.82) is 0 Å². The second-order valence-electron chi connectivity index (χ2n) is 7.65. The lowest BCUT2D eigenvalue weighted by Gasteiger charge is -2.31. The minimum Gasteiger partial charge on any atom is -0.410 e. The number of benzene rings is 1. The van der Waals surface area contributed by atoms with Gasteiger partial charge in [0, 0.05) is 17.6 Å². The summed E-state index contributed by atoms with van der Waals surface area (Å²) >= 11 is 0. The van der Waals surface area contributed by atoms with Gasteiger partial charge in [0.05, 0.1) is 4.90 Å². The topological polar surface area (TPSA) is 89.7 Å². The fourth-order valence-electron chi connectivity index (χ4n) is 3.30. The summed E-state index contributed by atoms with van der Waals surface area (Å²) in [5.41, 5.74) is 6.50. The number of carbonyl (C=O) groups excluding carboxylic acids is 1. The van der Waals surface area contributed by atoms with Crippen LogP contribution in [0.15, 0.2) is 17.0 Å². The van der Waals surface area contributed by atoms with Crippen LogP contribution in [0, 0.1) is 0 Å². The van der Waals surface area contributed by atoms with Crippen LogP contribution in [-0.2, 0) is 10.0 Å². The summed E-state index contributed by atoms with van der Waals surface area (Å²) in [5, 5.41) is 0. The number of nitrogens with two attached hydrogens (primary N) is 1. The Bertz CT molecular complexity index is 745. The number of primary amides is 1. The second-order valence-corrected chi connectivity index (χ2v) is 9.46. The molecule has 148 valence electrons. The minimum absolute atomic E-state index is 0.0462. The molecule has 2 N–H and O–H groups in total. The molecule has 26 heavy (non-hydrogen) atoms. The number of amides is 1. The van der Waals surface area contributed by atoms with Gasteiger partial charge in [-0.1, -0.05) is 33.8 Å². The van der Waals surface area contributed by atoms with Gasteiger partial charge in [0.1, 0.15) is 5.75 Å². The molecule has 0 spiro atoms. The lowest BCUT2D eigenvalue weighted by atomic mass is 9.94. The molecule has 0 saturated carbocycles. The molecule has 1 rings (SSSR count). The maximum absolute atomic E-state index is 13.4. The van der Waals surface area contributed by atoms with Crippen molar-refractivity contribution in [3.63, 3.8) is 0 Å². The second kappa shape index (κ2) is 8.39. The Hall–Kier alpha value is -1.60. The van der Waals surface area contributed by atoms with Crippen LogP contribution in [0.5, 0.6) is 5.75 Å². The van der Waals surface area contributed by atoms with Crippen molar-refractivity contribution < 1.29 is 17.9 Å². The summed E-state index contributed by atoms with van der Waals surface area (Å²) in [4.78, 5) is 11.6. The van der Waals surface area contributed by atoms with Crippen LogP contribution in [-0.4, -0.2) is 30.9 Å². The van der Waals surface area contributed by atoms with E-state index in [1.165, 1.54) is 4.31 Å². The summed E-state index contributed by atoms with van der Waals surface area (Å²) < 4.78 is 33.6. The van der Waals surface area contributed by atoms with Crippen molar-refractivity contribution in [2.24, 2.45) is 5.73 Å². The number of sulfonamides is 1. The van der Waals surface area contributed by atoms with E-state index < -0.39 is 16.1 Å².